The van der Waals surface area contributed by atoms with E-state index >= 15 is 0 Å². The van der Waals surface area contributed by atoms with E-state index in [-0.39, 0.29) is 5.97 Å². The van der Waals surface area contributed by atoms with Gasteiger partial charge in [-0.3, -0.25) is 0 Å². The minimum atomic E-state index is -0.316. The standard InChI is InChI=1S/C10H9BrN2O2/c1-2-15-10(14)7-3-4-9-12-8(11)6-13(9)5-7/h3-6H,2H2,1H3. The molecule has 0 saturated carbocycles. The van der Waals surface area contributed by atoms with Gasteiger partial charge in [0.05, 0.1) is 12.2 Å². The van der Waals surface area contributed by atoms with Gasteiger partial charge in [-0.1, -0.05) is 0 Å². The van der Waals surface area contributed by atoms with Crippen LogP contribution in [0.4, 0.5) is 0 Å². The fourth-order valence-electron chi connectivity index (χ4n) is 1.30. The van der Waals surface area contributed by atoms with E-state index in [0.29, 0.717) is 12.2 Å². The molecule has 0 spiro atoms. The van der Waals surface area contributed by atoms with E-state index < -0.39 is 0 Å². The molecule has 0 fully saturated rings. The second-order valence-electron chi connectivity index (χ2n) is 2.97. The Bertz CT molecular complexity index is 507. The van der Waals surface area contributed by atoms with Crippen molar-refractivity contribution in [3.8, 4) is 0 Å². The molecular formula is C10H9BrN2O2. The predicted molar refractivity (Wildman–Crippen MR) is 58.8 cm³/mol. The second-order valence-corrected chi connectivity index (χ2v) is 3.78. The Kier molecular flexibility index (Phi) is 2.73. The molecule has 5 heteroatoms. The van der Waals surface area contributed by atoms with Gasteiger partial charge in [0.1, 0.15) is 10.3 Å². The van der Waals surface area contributed by atoms with Crippen LogP contribution in [0.15, 0.2) is 29.1 Å². The van der Waals surface area contributed by atoms with Crippen LogP contribution in [-0.2, 0) is 4.74 Å². The van der Waals surface area contributed by atoms with Crippen LogP contribution in [0.1, 0.15) is 17.3 Å². The summed E-state index contributed by atoms with van der Waals surface area (Å²) in [5.74, 6) is -0.316. The van der Waals surface area contributed by atoms with Crippen LogP contribution in [0.3, 0.4) is 0 Å². The number of carbonyl (C=O) groups excluding carboxylic acids is 1. The smallest absolute Gasteiger partial charge is 0.339 e. The zero-order valence-corrected chi connectivity index (χ0v) is 9.69. The van der Waals surface area contributed by atoms with Crippen molar-refractivity contribution in [3.63, 3.8) is 0 Å². The highest BCUT2D eigenvalue weighted by atomic mass is 79.9. The number of carbonyl (C=O) groups is 1. The van der Waals surface area contributed by atoms with Crippen molar-refractivity contribution in [3.05, 3.63) is 34.7 Å². The van der Waals surface area contributed by atoms with Gasteiger partial charge in [0.25, 0.3) is 0 Å². The number of esters is 1. The van der Waals surface area contributed by atoms with Crippen molar-refractivity contribution < 1.29 is 9.53 Å². The molecule has 0 aromatic carbocycles. The molecule has 0 amide bonds. The molecule has 0 N–H and O–H groups in total. The summed E-state index contributed by atoms with van der Waals surface area (Å²) in [4.78, 5) is 15.6. The first-order chi connectivity index (χ1) is 7.20. The summed E-state index contributed by atoms with van der Waals surface area (Å²) in [7, 11) is 0. The van der Waals surface area contributed by atoms with Crippen molar-refractivity contribution in [1.29, 1.82) is 0 Å². The molecule has 4 nitrogen and oxygen atoms in total. The average molecular weight is 269 g/mol. The highest BCUT2D eigenvalue weighted by molar-refractivity contribution is 9.10. The average Bonchev–Trinajstić information content (AvgIpc) is 2.57. The van der Waals surface area contributed by atoms with Crippen molar-refractivity contribution in [1.82, 2.24) is 9.38 Å². The maximum Gasteiger partial charge on any atom is 0.339 e. The van der Waals surface area contributed by atoms with Gasteiger partial charge < -0.3 is 9.14 Å². The van der Waals surface area contributed by atoms with Crippen LogP contribution in [0.2, 0.25) is 0 Å². The van der Waals surface area contributed by atoms with Crippen molar-refractivity contribution in [2.75, 3.05) is 6.61 Å². The number of hydrogen-bond acceptors (Lipinski definition) is 3. The fourth-order valence-corrected chi connectivity index (χ4v) is 1.70. The van der Waals surface area contributed by atoms with Crippen LogP contribution >= 0.6 is 15.9 Å². The van der Waals surface area contributed by atoms with E-state index in [4.69, 9.17) is 4.74 Å². The molecule has 2 rings (SSSR count). The Hall–Kier alpha value is -1.36. The summed E-state index contributed by atoms with van der Waals surface area (Å²) in [6.07, 6.45) is 3.49. The lowest BCUT2D eigenvalue weighted by molar-refractivity contribution is 0.0526. The summed E-state index contributed by atoms with van der Waals surface area (Å²) in [6, 6.07) is 3.48. The lowest BCUT2D eigenvalue weighted by Crippen LogP contribution is -2.05. The van der Waals surface area contributed by atoms with Gasteiger partial charge in [-0.15, -0.1) is 0 Å². The highest BCUT2D eigenvalue weighted by Gasteiger charge is 2.07. The number of halogens is 1. The van der Waals surface area contributed by atoms with E-state index in [1.54, 1.807) is 35.9 Å². The molecule has 0 aliphatic carbocycles. The largest absolute Gasteiger partial charge is 0.462 e. The van der Waals surface area contributed by atoms with Gasteiger partial charge in [0, 0.05) is 12.4 Å². The fraction of sp³-hybridized carbons (Fsp3) is 0.200. The van der Waals surface area contributed by atoms with E-state index in [0.717, 1.165) is 10.3 Å². The molecule has 0 saturated heterocycles. The lowest BCUT2D eigenvalue weighted by Gasteiger charge is -2.01. The SMILES string of the molecule is CCOC(=O)c1ccc2nc(Br)cn2c1. The Morgan fingerprint density at radius 1 is 1.53 bits per heavy atom. The number of imidazole rings is 1. The number of ether oxygens (including phenoxy) is 1. The third-order valence-corrected chi connectivity index (χ3v) is 2.31. The topological polar surface area (TPSA) is 43.6 Å². The summed E-state index contributed by atoms with van der Waals surface area (Å²) in [5, 5.41) is 0. The van der Waals surface area contributed by atoms with Crippen molar-refractivity contribution in [2.45, 2.75) is 6.92 Å². The number of nitrogens with zero attached hydrogens (tertiary/aromatic N) is 2. The van der Waals surface area contributed by atoms with E-state index in [9.17, 15) is 4.79 Å². The molecule has 0 unspecified atom stereocenters. The van der Waals surface area contributed by atoms with E-state index in [1.165, 1.54) is 0 Å². The van der Waals surface area contributed by atoms with Crippen LogP contribution in [0, 0.1) is 0 Å². The van der Waals surface area contributed by atoms with Crippen molar-refractivity contribution >= 4 is 27.5 Å². The maximum absolute atomic E-state index is 11.4. The number of aromatic nitrogens is 2. The van der Waals surface area contributed by atoms with Crippen LogP contribution < -0.4 is 0 Å². The molecule has 78 valence electrons. The molecule has 0 bridgehead atoms. The van der Waals surface area contributed by atoms with Crippen LogP contribution in [-0.4, -0.2) is 22.0 Å². The Balaban J connectivity index is 2.41. The van der Waals surface area contributed by atoms with E-state index in [2.05, 4.69) is 20.9 Å². The molecule has 15 heavy (non-hydrogen) atoms. The van der Waals surface area contributed by atoms with Gasteiger partial charge in [0.15, 0.2) is 0 Å². The molecule has 0 aliphatic rings. The van der Waals surface area contributed by atoms with Gasteiger partial charge in [-0.05, 0) is 35.0 Å². The predicted octanol–water partition coefficient (Wildman–Crippen LogP) is 2.27. The molecule has 0 aliphatic heterocycles. The minimum absolute atomic E-state index is 0.316. The lowest BCUT2D eigenvalue weighted by atomic mass is 10.3. The first kappa shape index (κ1) is 10.2. The Morgan fingerprint density at radius 2 is 2.33 bits per heavy atom. The number of hydrogen-bond donors (Lipinski definition) is 0. The number of fused-ring (bicyclic) bond motifs is 1. The van der Waals surface area contributed by atoms with Gasteiger partial charge in [0.2, 0.25) is 0 Å². The van der Waals surface area contributed by atoms with Gasteiger partial charge >= 0.3 is 5.97 Å². The first-order valence-electron chi connectivity index (χ1n) is 4.52. The molecular weight excluding hydrogens is 260 g/mol. The molecule has 2 aromatic heterocycles. The third kappa shape index (κ3) is 2.02. The first-order valence-corrected chi connectivity index (χ1v) is 5.31. The molecule has 2 heterocycles. The zero-order chi connectivity index (χ0) is 10.8. The summed E-state index contributed by atoms with van der Waals surface area (Å²) >= 11 is 3.27. The van der Waals surface area contributed by atoms with Crippen molar-refractivity contribution in [2.24, 2.45) is 0 Å². The van der Waals surface area contributed by atoms with Gasteiger partial charge in [-0.25, -0.2) is 9.78 Å². The quantitative estimate of drug-likeness (QED) is 0.785. The number of rotatable bonds is 2. The zero-order valence-electron chi connectivity index (χ0n) is 8.11. The van der Waals surface area contributed by atoms with Crippen LogP contribution in [0.5, 0.6) is 0 Å². The van der Waals surface area contributed by atoms with E-state index in [1.807, 2.05) is 0 Å². The number of pyridine rings is 1. The second kappa shape index (κ2) is 4.02. The highest BCUT2D eigenvalue weighted by Crippen LogP contribution is 2.12. The minimum Gasteiger partial charge on any atom is -0.462 e. The maximum atomic E-state index is 11.4. The van der Waals surface area contributed by atoms with Gasteiger partial charge in [-0.2, -0.15) is 0 Å². The summed E-state index contributed by atoms with van der Waals surface area (Å²) in [6.45, 7) is 2.16. The summed E-state index contributed by atoms with van der Waals surface area (Å²) in [5.41, 5.74) is 1.31. The molecule has 0 atom stereocenters. The third-order valence-electron chi connectivity index (χ3n) is 1.93. The summed E-state index contributed by atoms with van der Waals surface area (Å²) < 4.78 is 7.41. The molecule has 2 aromatic rings. The normalized spacial score (nSPS) is 10.5. The van der Waals surface area contributed by atoms with Crippen LogP contribution in [0.25, 0.3) is 5.65 Å². The Labute approximate surface area is 95.0 Å². The Morgan fingerprint density at radius 3 is 3.07 bits per heavy atom. The molecule has 0 radical (unpaired) electrons. The monoisotopic (exact) mass is 268 g/mol.